The Morgan fingerprint density at radius 3 is 2.96 bits per heavy atom. The van der Waals surface area contributed by atoms with Gasteiger partial charge in [-0.2, -0.15) is 18.4 Å². The normalized spacial score (nSPS) is 13.3. The molecule has 3 rings (SSSR count). The molecule has 1 N–H and O–H groups in total. The van der Waals surface area contributed by atoms with Crippen molar-refractivity contribution in [2.24, 2.45) is 0 Å². The molecule has 0 spiro atoms. The van der Waals surface area contributed by atoms with Gasteiger partial charge in [-0.25, -0.2) is 9.97 Å². The van der Waals surface area contributed by atoms with Gasteiger partial charge in [0.25, 0.3) is 0 Å². The molecule has 0 aromatic carbocycles. The second kappa shape index (κ2) is 7.63. The van der Waals surface area contributed by atoms with Crippen molar-refractivity contribution in [3.63, 3.8) is 0 Å². The number of anilines is 1. The lowest BCUT2D eigenvalue weighted by atomic mass is 10.1. The molecule has 0 aliphatic heterocycles. The molecule has 0 radical (unpaired) electrons. The van der Waals surface area contributed by atoms with E-state index in [1.54, 1.807) is 0 Å². The van der Waals surface area contributed by atoms with Crippen LogP contribution in [0.4, 0.5) is 18.2 Å². The second-order valence-corrected chi connectivity index (χ2v) is 7.71. The van der Waals surface area contributed by atoms with Crippen LogP contribution >= 0.6 is 23.1 Å². The molecular formula is C16H13F3N4OS2. The number of thioether (sulfide) groups is 1. The maximum atomic E-state index is 12.6. The highest BCUT2D eigenvalue weighted by atomic mass is 32.2. The highest BCUT2D eigenvalue weighted by Gasteiger charge is 2.32. The molecule has 0 fully saturated rings. The number of thiophene rings is 1. The first-order valence-electron chi connectivity index (χ1n) is 7.76. The van der Waals surface area contributed by atoms with Gasteiger partial charge in [0.2, 0.25) is 5.91 Å². The Hall–Kier alpha value is -2.12. The number of hydrogen-bond donors (Lipinski definition) is 1. The minimum Gasteiger partial charge on any atom is -0.317 e. The molecule has 0 atom stereocenters. The fourth-order valence-electron chi connectivity index (χ4n) is 2.60. The van der Waals surface area contributed by atoms with Gasteiger partial charge in [-0.05, 0) is 30.9 Å². The molecule has 0 saturated carbocycles. The van der Waals surface area contributed by atoms with Gasteiger partial charge in [-0.3, -0.25) is 4.79 Å². The predicted molar refractivity (Wildman–Crippen MR) is 92.1 cm³/mol. The Kier molecular flexibility index (Phi) is 5.48. The largest absolute Gasteiger partial charge is 0.433 e. The summed E-state index contributed by atoms with van der Waals surface area (Å²) in [5, 5.41) is 12.6. The standard InChI is InChI=1S/C16H13F3N4OS2/c17-16(18,19)12-4-6-21-15(22-12)25-7-5-13(24)23-14-10(8-20)9-2-1-3-11(9)26-14/h4,6H,1-3,5,7H2,(H,23,24). The zero-order valence-electron chi connectivity index (χ0n) is 13.4. The summed E-state index contributed by atoms with van der Waals surface area (Å²) in [6.45, 7) is 0. The lowest BCUT2D eigenvalue weighted by Gasteiger charge is -2.07. The van der Waals surface area contributed by atoms with Crippen LogP contribution < -0.4 is 5.32 Å². The highest BCUT2D eigenvalue weighted by molar-refractivity contribution is 7.99. The number of carbonyl (C=O) groups excluding carboxylic acids is 1. The van der Waals surface area contributed by atoms with Gasteiger partial charge in [-0.1, -0.05) is 11.8 Å². The minimum absolute atomic E-state index is 0.0274. The number of aromatic nitrogens is 2. The molecule has 0 bridgehead atoms. The zero-order valence-corrected chi connectivity index (χ0v) is 15.0. The topological polar surface area (TPSA) is 78.7 Å². The molecule has 0 saturated heterocycles. The molecular weight excluding hydrogens is 385 g/mol. The Balaban J connectivity index is 1.55. The number of nitrogens with zero attached hydrogens (tertiary/aromatic N) is 3. The number of hydrogen-bond acceptors (Lipinski definition) is 6. The van der Waals surface area contributed by atoms with E-state index in [1.165, 1.54) is 11.3 Å². The number of carbonyl (C=O) groups is 1. The van der Waals surface area contributed by atoms with E-state index in [1.807, 2.05) is 0 Å². The van der Waals surface area contributed by atoms with Gasteiger partial charge in [0.15, 0.2) is 5.16 Å². The molecule has 1 amide bonds. The number of nitrogens with one attached hydrogen (secondary N) is 1. The molecule has 10 heteroatoms. The van der Waals surface area contributed by atoms with Crippen LogP contribution in [-0.4, -0.2) is 21.6 Å². The number of alkyl halides is 3. The second-order valence-electron chi connectivity index (χ2n) is 5.54. The van der Waals surface area contributed by atoms with Crippen LogP contribution in [0.15, 0.2) is 17.4 Å². The SMILES string of the molecule is N#Cc1c(NC(=O)CCSc2nccc(C(F)(F)F)n2)sc2c1CCC2. The third kappa shape index (κ3) is 4.16. The summed E-state index contributed by atoms with van der Waals surface area (Å²) in [5.74, 6) is -0.0546. The van der Waals surface area contributed by atoms with Gasteiger partial charge in [0, 0.05) is 23.2 Å². The first kappa shape index (κ1) is 18.7. The van der Waals surface area contributed by atoms with Gasteiger partial charge >= 0.3 is 6.18 Å². The van der Waals surface area contributed by atoms with Crippen molar-refractivity contribution in [3.05, 3.63) is 34.0 Å². The Morgan fingerprint density at radius 2 is 2.23 bits per heavy atom. The van der Waals surface area contributed by atoms with E-state index in [-0.39, 0.29) is 23.2 Å². The maximum Gasteiger partial charge on any atom is 0.433 e. The van der Waals surface area contributed by atoms with Crippen molar-refractivity contribution in [1.82, 2.24) is 9.97 Å². The lowest BCUT2D eigenvalue weighted by Crippen LogP contribution is -2.12. The number of nitriles is 1. The van der Waals surface area contributed by atoms with Gasteiger partial charge in [0.05, 0.1) is 5.56 Å². The fraction of sp³-hybridized carbons (Fsp3) is 0.375. The Bertz CT molecular complexity index is 873. The van der Waals surface area contributed by atoms with E-state index in [0.29, 0.717) is 10.6 Å². The molecule has 5 nitrogen and oxygen atoms in total. The van der Waals surface area contributed by atoms with Crippen molar-refractivity contribution in [1.29, 1.82) is 5.26 Å². The van der Waals surface area contributed by atoms with E-state index in [0.717, 1.165) is 53.7 Å². The summed E-state index contributed by atoms with van der Waals surface area (Å²) in [5.41, 5.74) is 0.551. The van der Waals surface area contributed by atoms with E-state index < -0.39 is 11.9 Å². The van der Waals surface area contributed by atoms with Crippen LogP contribution in [0.25, 0.3) is 0 Å². The number of halogens is 3. The minimum atomic E-state index is -4.52. The van der Waals surface area contributed by atoms with Gasteiger partial charge < -0.3 is 5.32 Å². The van der Waals surface area contributed by atoms with E-state index >= 15 is 0 Å². The number of amides is 1. The summed E-state index contributed by atoms with van der Waals surface area (Å²) >= 11 is 2.40. The molecule has 0 unspecified atom stereocenters. The Labute approximate surface area is 155 Å². The predicted octanol–water partition coefficient (Wildman–Crippen LogP) is 4.04. The Morgan fingerprint density at radius 1 is 1.42 bits per heavy atom. The van der Waals surface area contributed by atoms with Gasteiger partial charge in [0.1, 0.15) is 16.8 Å². The number of rotatable bonds is 5. The summed E-state index contributed by atoms with van der Waals surface area (Å²) in [6, 6.07) is 2.95. The van der Waals surface area contributed by atoms with E-state index in [4.69, 9.17) is 0 Å². The first-order valence-corrected chi connectivity index (χ1v) is 9.56. The van der Waals surface area contributed by atoms with E-state index in [9.17, 15) is 23.2 Å². The van der Waals surface area contributed by atoms with Crippen LogP contribution in [0.1, 0.15) is 34.5 Å². The van der Waals surface area contributed by atoms with Gasteiger partial charge in [-0.15, -0.1) is 11.3 Å². The van der Waals surface area contributed by atoms with Crippen LogP contribution in [-0.2, 0) is 23.8 Å². The smallest absolute Gasteiger partial charge is 0.317 e. The first-order chi connectivity index (χ1) is 12.4. The quantitative estimate of drug-likeness (QED) is 0.608. The van der Waals surface area contributed by atoms with Crippen molar-refractivity contribution in [2.75, 3.05) is 11.1 Å². The average Bonchev–Trinajstić information content (AvgIpc) is 3.15. The molecule has 1 aliphatic rings. The summed E-state index contributed by atoms with van der Waals surface area (Å²) in [4.78, 5) is 20.4. The third-order valence-electron chi connectivity index (χ3n) is 3.77. The van der Waals surface area contributed by atoms with Crippen LogP contribution in [0.5, 0.6) is 0 Å². The molecule has 136 valence electrons. The molecule has 2 aromatic rings. The molecule has 1 aliphatic carbocycles. The van der Waals surface area contributed by atoms with Crippen molar-refractivity contribution in [2.45, 2.75) is 37.0 Å². The van der Waals surface area contributed by atoms with Crippen molar-refractivity contribution < 1.29 is 18.0 Å². The molecule has 2 aromatic heterocycles. The van der Waals surface area contributed by atoms with Crippen LogP contribution in [0, 0.1) is 11.3 Å². The third-order valence-corrected chi connectivity index (χ3v) is 5.84. The van der Waals surface area contributed by atoms with E-state index in [2.05, 4.69) is 21.4 Å². The summed E-state index contributed by atoms with van der Waals surface area (Å²) in [6.07, 6.45) is -0.594. The summed E-state index contributed by atoms with van der Waals surface area (Å²) < 4.78 is 37.8. The zero-order chi connectivity index (χ0) is 18.7. The van der Waals surface area contributed by atoms with Crippen LogP contribution in [0.2, 0.25) is 0 Å². The fourth-order valence-corrected chi connectivity index (χ4v) is 4.63. The maximum absolute atomic E-state index is 12.6. The van der Waals surface area contributed by atoms with Crippen molar-refractivity contribution in [3.8, 4) is 6.07 Å². The van der Waals surface area contributed by atoms with Crippen LogP contribution in [0.3, 0.4) is 0 Å². The van der Waals surface area contributed by atoms with Crippen molar-refractivity contribution >= 4 is 34.0 Å². The lowest BCUT2D eigenvalue weighted by molar-refractivity contribution is -0.141. The number of aryl methyl sites for hydroxylation is 1. The summed E-state index contributed by atoms with van der Waals surface area (Å²) in [7, 11) is 0. The highest BCUT2D eigenvalue weighted by Crippen LogP contribution is 2.38. The molecule has 2 heterocycles. The molecule has 26 heavy (non-hydrogen) atoms. The monoisotopic (exact) mass is 398 g/mol. The average molecular weight is 398 g/mol. The number of fused-ring (bicyclic) bond motifs is 1.